The molecule has 1 atom stereocenters. The van der Waals surface area contributed by atoms with Crippen LogP contribution >= 0.6 is 11.6 Å². The molecule has 1 heterocycles. The van der Waals surface area contributed by atoms with Crippen molar-refractivity contribution in [1.29, 1.82) is 0 Å². The van der Waals surface area contributed by atoms with Gasteiger partial charge in [0.15, 0.2) is 0 Å². The summed E-state index contributed by atoms with van der Waals surface area (Å²) in [6.07, 6.45) is 1.53. The Labute approximate surface area is 131 Å². The lowest BCUT2D eigenvalue weighted by atomic mass is 10.1. The number of hydrogen-bond acceptors (Lipinski definition) is 3. The zero-order valence-corrected chi connectivity index (χ0v) is 13.5. The maximum Gasteiger partial charge on any atom is 0.410 e. The zero-order valence-electron chi connectivity index (χ0n) is 12.8. The van der Waals surface area contributed by atoms with Gasteiger partial charge in [-0.05, 0) is 51.8 Å². The Morgan fingerprint density at radius 1 is 1.38 bits per heavy atom. The topological polar surface area (TPSA) is 38.8 Å². The molecule has 116 valence electrons. The third-order valence-corrected chi connectivity index (χ3v) is 3.36. The van der Waals surface area contributed by atoms with Gasteiger partial charge in [0, 0.05) is 11.6 Å². The molecule has 0 bridgehead atoms. The van der Waals surface area contributed by atoms with E-state index in [-0.39, 0.29) is 12.2 Å². The van der Waals surface area contributed by atoms with Crippen molar-refractivity contribution in [1.82, 2.24) is 4.90 Å². The van der Waals surface area contributed by atoms with Gasteiger partial charge in [0.1, 0.15) is 17.5 Å². The second-order valence-corrected chi connectivity index (χ2v) is 6.70. The van der Waals surface area contributed by atoms with Crippen LogP contribution in [0.3, 0.4) is 0 Å². The van der Waals surface area contributed by atoms with E-state index >= 15 is 0 Å². The molecule has 1 aromatic carbocycles. The fraction of sp³-hybridized carbons (Fsp3) is 0.562. The summed E-state index contributed by atoms with van der Waals surface area (Å²) >= 11 is 5.95. The fourth-order valence-corrected chi connectivity index (χ4v) is 2.44. The van der Waals surface area contributed by atoms with E-state index in [4.69, 9.17) is 21.1 Å². The molecule has 0 N–H and O–H groups in total. The van der Waals surface area contributed by atoms with Crippen LogP contribution in [0.2, 0.25) is 5.02 Å². The highest BCUT2D eigenvalue weighted by Crippen LogP contribution is 2.22. The predicted molar refractivity (Wildman–Crippen MR) is 82.9 cm³/mol. The minimum Gasteiger partial charge on any atom is -0.489 e. The van der Waals surface area contributed by atoms with Crippen LogP contribution < -0.4 is 4.74 Å². The highest BCUT2D eigenvalue weighted by molar-refractivity contribution is 6.30. The summed E-state index contributed by atoms with van der Waals surface area (Å²) in [7, 11) is 0. The summed E-state index contributed by atoms with van der Waals surface area (Å²) in [6.45, 7) is 6.87. The molecule has 0 aliphatic carbocycles. The monoisotopic (exact) mass is 311 g/mol. The summed E-state index contributed by atoms with van der Waals surface area (Å²) < 4.78 is 11.3. The van der Waals surface area contributed by atoms with Crippen molar-refractivity contribution >= 4 is 17.7 Å². The minimum absolute atomic E-state index is 0.0234. The lowest BCUT2D eigenvalue weighted by Crippen LogP contribution is -2.46. The van der Waals surface area contributed by atoms with Crippen molar-refractivity contribution in [3.8, 4) is 5.75 Å². The fourth-order valence-electron chi connectivity index (χ4n) is 2.26. The van der Waals surface area contributed by atoms with Crippen LogP contribution in [0.1, 0.15) is 33.6 Å². The quantitative estimate of drug-likeness (QED) is 0.824. The number of carbonyl (C=O) groups is 1. The second kappa shape index (κ2) is 6.56. The highest BCUT2D eigenvalue weighted by Gasteiger charge is 2.28. The van der Waals surface area contributed by atoms with Gasteiger partial charge in [-0.3, -0.25) is 0 Å². The molecule has 1 aliphatic heterocycles. The molecule has 0 radical (unpaired) electrons. The Kier molecular flexibility index (Phi) is 4.99. The Balaban J connectivity index is 1.93. The SMILES string of the molecule is CC(C)(C)OC(=O)N1CCCC(Oc2cccc(Cl)c2)C1. The van der Waals surface area contributed by atoms with Crippen molar-refractivity contribution in [2.45, 2.75) is 45.3 Å². The normalized spacial score (nSPS) is 19.2. The molecular formula is C16H22ClNO3. The molecule has 21 heavy (non-hydrogen) atoms. The number of hydrogen-bond donors (Lipinski definition) is 0. The van der Waals surface area contributed by atoms with Crippen LogP contribution in [-0.2, 0) is 4.74 Å². The van der Waals surface area contributed by atoms with Gasteiger partial charge in [-0.2, -0.15) is 0 Å². The van der Waals surface area contributed by atoms with Crippen LogP contribution in [-0.4, -0.2) is 35.8 Å². The molecule has 0 saturated carbocycles. The average molecular weight is 312 g/mol. The van der Waals surface area contributed by atoms with E-state index in [9.17, 15) is 4.79 Å². The van der Waals surface area contributed by atoms with Crippen molar-refractivity contribution in [2.24, 2.45) is 0 Å². The number of piperidine rings is 1. The second-order valence-electron chi connectivity index (χ2n) is 6.27. The van der Waals surface area contributed by atoms with E-state index < -0.39 is 5.60 Å². The molecule has 5 heteroatoms. The first-order valence-electron chi connectivity index (χ1n) is 7.24. The molecule has 2 rings (SSSR count). The van der Waals surface area contributed by atoms with Crippen LogP contribution in [0.4, 0.5) is 4.79 Å². The highest BCUT2D eigenvalue weighted by atomic mass is 35.5. The molecule has 4 nitrogen and oxygen atoms in total. The Morgan fingerprint density at radius 2 is 2.14 bits per heavy atom. The van der Waals surface area contributed by atoms with Gasteiger partial charge in [-0.1, -0.05) is 17.7 Å². The number of benzene rings is 1. The first kappa shape index (κ1) is 16.0. The third kappa shape index (κ3) is 5.12. The summed E-state index contributed by atoms with van der Waals surface area (Å²) in [5.41, 5.74) is -0.474. The maximum atomic E-state index is 12.1. The average Bonchev–Trinajstić information content (AvgIpc) is 2.37. The van der Waals surface area contributed by atoms with E-state index in [1.54, 1.807) is 11.0 Å². The number of ether oxygens (including phenoxy) is 2. The van der Waals surface area contributed by atoms with Crippen molar-refractivity contribution in [2.75, 3.05) is 13.1 Å². The zero-order chi connectivity index (χ0) is 15.5. The lowest BCUT2D eigenvalue weighted by Gasteiger charge is -2.34. The van der Waals surface area contributed by atoms with E-state index in [0.29, 0.717) is 18.1 Å². The molecule has 1 amide bonds. The summed E-state index contributed by atoms with van der Waals surface area (Å²) in [6, 6.07) is 7.32. The molecule has 1 aromatic rings. The first-order chi connectivity index (χ1) is 9.83. The van der Waals surface area contributed by atoms with Gasteiger partial charge >= 0.3 is 6.09 Å². The van der Waals surface area contributed by atoms with E-state index in [0.717, 1.165) is 18.6 Å². The minimum atomic E-state index is -0.474. The van der Waals surface area contributed by atoms with Gasteiger partial charge in [0.25, 0.3) is 0 Å². The Morgan fingerprint density at radius 3 is 2.81 bits per heavy atom. The van der Waals surface area contributed by atoms with Gasteiger partial charge < -0.3 is 14.4 Å². The van der Waals surface area contributed by atoms with E-state index in [2.05, 4.69) is 0 Å². The van der Waals surface area contributed by atoms with Crippen molar-refractivity contribution < 1.29 is 14.3 Å². The largest absolute Gasteiger partial charge is 0.489 e. The number of amides is 1. The summed E-state index contributed by atoms with van der Waals surface area (Å²) in [5, 5.41) is 0.646. The molecule has 0 aromatic heterocycles. The van der Waals surface area contributed by atoms with Crippen molar-refractivity contribution in [3.05, 3.63) is 29.3 Å². The summed E-state index contributed by atoms with van der Waals surface area (Å²) in [4.78, 5) is 13.8. The smallest absolute Gasteiger partial charge is 0.410 e. The lowest BCUT2D eigenvalue weighted by molar-refractivity contribution is 0.00776. The van der Waals surface area contributed by atoms with Crippen LogP contribution in [0.15, 0.2) is 24.3 Å². The Bertz CT molecular complexity index is 499. The van der Waals surface area contributed by atoms with Crippen LogP contribution in [0, 0.1) is 0 Å². The Hall–Kier alpha value is -1.42. The van der Waals surface area contributed by atoms with Gasteiger partial charge in [0.05, 0.1) is 6.54 Å². The maximum absolute atomic E-state index is 12.1. The van der Waals surface area contributed by atoms with E-state index in [1.807, 2.05) is 39.0 Å². The summed E-state index contributed by atoms with van der Waals surface area (Å²) in [5.74, 6) is 0.735. The number of nitrogens with zero attached hydrogens (tertiary/aromatic N) is 1. The van der Waals surface area contributed by atoms with Crippen molar-refractivity contribution in [3.63, 3.8) is 0 Å². The standard InChI is InChI=1S/C16H22ClNO3/c1-16(2,3)21-15(19)18-9-5-8-14(11-18)20-13-7-4-6-12(17)10-13/h4,6-7,10,14H,5,8-9,11H2,1-3H3. The third-order valence-electron chi connectivity index (χ3n) is 3.13. The van der Waals surface area contributed by atoms with Crippen LogP contribution in [0.25, 0.3) is 0 Å². The van der Waals surface area contributed by atoms with Gasteiger partial charge in [0.2, 0.25) is 0 Å². The molecular weight excluding hydrogens is 290 g/mol. The molecule has 0 spiro atoms. The number of halogens is 1. The van der Waals surface area contributed by atoms with Crippen LogP contribution in [0.5, 0.6) is 5.75 Å². The molecule has 1 aliphatic rings. The van der Waals surface area contributed by atoms with Gasteiger partial charge in [-0.15, -0.1) is 0 Å². The predicted octanol–water partition coefficient (Wildman–Crippen LogP) is 4.12. The molecule has 1 saturated heterocycles. The molecule has 1 fully saturated rings. The molecule has 1 unspecified atom stereocenters. The number of rotatable bonds is 2. The van der Waals surface area contributed by atoms with Gasteiger partial charge in [-0.25, -0.2) is 4.79 Å². The first-order valence-corrected chi connectivity index (χ1v) is 7.61. The number of carbonyl (C=O) groups excluding carboxylic acids is 1. The number of likely N-dealkylation sites (tertiary alicyclic amines) is 1. The van der Waals surface area contributed by atoms with E-state index in [1.165, 1.54) is 0 Å².